The van der Waals surface area contributed by atoms with Crippen molar-refractivity contribution in [1.29, 1.82) is 0 Å². The summed E-state index contributed by atoms with van der Waals surface area (Å²) >= 11 is 0. The molecular weight excluding hydrogens is 216 g/mol. The number of hydrogen-bond donors (Lipinski definition) is 0. The standard InChI is InChI=1S/C14H18O3/c1-9-5-12(16-4)10(2)11(3)13(9)14(6-15)7-17-8-14/h5-6H,7-8H2,1-4H3. The fourth-order valence-electron chi connectivity index (χ4n) is 2.62. The zero-order chi connectivity index (χ0) is 12.6. The number of hydrogen-bond acceptors (Lipinski definition) is 3. The van der Waals surface area contributed by atoms with Gasteiger partial charge < -0.3 is 14.3 Å². The Hall–Kier alpha value is -1.35. The molecule has 1 aliphatic rings. The number of methoxy groups -OCH3 is 1. The zero-order valence-corrected chi connectivity index (χ0v) is 10.8. The Labute approximate surface area is 102 Å². The molecule has 0 bridgehead atoms. The van der Waals surface area contributed by atoms with Crippen molar-refractivity contribution in [2.24, 2.45) is 0 Å². The monoisotopic (exact) mass is 234 g/mol. The van der Waals surface area contributed by atoms with Crippen LogP contribution in [-0.4, -0.2) is 26.6 Å². The first-order valence-electron chi connectivity index (χ1n) is 5.75. The lowest BCUT2D eigenvalue weighted by Gasteiger charge is -2.39. The summed E-state index contributed by atoms with van der Waals surface area (Å²) in [6, 6.07) is 2.00. The summed E-state index contributed by atoms with van der Waals surface area (Å²) in [5, 5.41) is 0. The molecule has 0 spiro atoms. The molecule has 0 amide bonds. The van der Waals surface area contributed by atoms with Crippen LogP contribution in [-0.2, 0) is 14.9 Å². The van der Waals surface area contributed by atoms with Gasteiger partial charge in [-0.05, 0) is 49.1 Å². The number of aldehydes is 1. The van der Waals surface area contributed by atoms with Crippen molar-refractivity contribution in [1.82, 2.24) is 0 Å². The van der Waals surface area contributed by atoms with Gasteiger partial charge in [-0.1, -0.05) is 0 Å². The molecule has 0 radical (unpaired) electrons. The van der Waals surface area contributed by atoms with Crippen molar-refractivity contribution in [3.63, 3.8) is 0 Å². The zero-order valence-electron chi connectivity index (χ0n) is 10.8. The maximum atomic E-state index is 11.4. The van der Waals surface area contributed by atoms with E-state index in [0.29, 0.717) is 13.2 Å². The van der Waals surface area contributed by atoms with Gasteiger partial charge in [0.2, 0.25) is 0 Å². The van der Waals surface area contributed by atoms with Crippen LogP contribution in [0.25, 0.3) is 0 Å². The summed E-state index contributed by atoms with van der Waals surface area (Å²) < 4.78 is 10.6. The van der Waals surface area contributed by atoms with Gasteiger partial charge in [0.25, 0.3) is 0 Å². The summed E-state index contributed by atoms with van der Waals surface area (Å²) in [7, 11) is 1.67. The Bertz CT molecular complexity index is 459. The highest BCUT2D eigenvalue weighted by molar-refractivity contribution is 5.73. The lowest BCUT2D eigenvalue weighted by molar-refractivity contribution is -0.130. The fourth-order valence-corrected chi connectivity index (χ4v) is 2.62. The van der Waals surface area contributed by atoms with Gasteiger partial charge in [0.05, 0.1) is 25.7 Å². The van der Waals surface area contributed by atoms with Crippen LogP contribution >= 0.6 is 0 Å². The smallest absolute Gasteiger partial charge is 0.135 e. The predicted octanol–water partition coefficient (Wildman–Crippen LogP) is 2.09. The molecule has 1 saturated heterocycles. The normalized spacial score (nSPS) is 17.4. The number of carbonyl (C=O) groups excluding carboxylic acids is 1. The molecule has 1 heterocycles. The third-order valence-corrected chi connectivity index (χ3v) is 3.71. The summed E-state index contributed by atoms with van der Waals surface area (Å²) in [5.41, 5.74) is 4.00. The molecule has 1 aromatic carbocycles. The second-order valence-corrected chi connectivity index (χ2v) is 4.79. The maximum Gasteiger partial charge on any atom is 0.135 e. The molecule has 3 heteroatoms. The lowest BCUT2D eigenvalue weighted by atomic mass is 9.74. The third kappa shape index (κ3) is 1.65. The van der Waals surface area contributed by atoms with E-state index in [1.165, 1.54) is 0 Å². The van der Waals surface area contributed by atoms with Gasteiger partial charge in [0, 0.05) is 0 Å². The molecule has 1 aromatic rings. The SMILES string of the molecule is COc1cc(C)c(C2(C=O)COC2)c(C)c1C. The van der Waals surface area contributed by atoms with Crippen LogP contribution in [0.3, 0.4) is 0 Å². The van der Waals surface area contributed by atoms with E-state index in [4.69, 9.17) is 9.47 Å². The highest BCUT2D eigenvalue weighted by Crippen LogP contribution is 2.38. The van der Waals surface area contributed by atoms with E-state index < -0.39 is 5.41 Å². The first-order valence-corrected chi connectivity index (χ1v) is 5.75. The van der Waals surface area contributed by atoms with Gasteiger partial charge in [-0.3, -0.25) is 0 Å². The fraction of sp³-hybridized carbons (Fsp3) is 0.500. The van der Waals surface area contributed by atoms with Crippen LogP contribution in [0, 0.1) is 20.8 Å². The van der Waals surface area contributed by atoms with Gasteiger partial charge in [-0.15, -0.1) is 0 Å². The van der Waals surface area contributed by atoms with Crippen LogP contribution in [0.5, 0.6) is 5.75 Å². The van der Waals surface area contributed by atoms with Crippen molar-refractivity contribution in [3.8, 4) is 5.75 Å². The molecule has 92 valence electrons. The van der Waals surface area contributed by atoms with Crippen molar-refractivity contribution in [2.45, 2.75) is 26.2 Å². The third-order valence-electron chi connectivity index (χ3n) is 3.71. The summed E-state index contributed by atoms with van der Waals surface area (Å²) in [4.78, 5) is 11.4. The minimum Gasteiger partial charge on any atom is -0.496 e. The molecule has 0 N–H and O–H groups in total. The summed E-state index contributed by atoms with van der Waals surface area (Å²) in [6.45, 7) is 7.07. The average Bonchev–Trinajstić information content (AvgIpc) is 2.27. The molecular formula is C14H18O3. The number of ether oxygens (including phenoxy) is 2. The van der Waals surface area contributed by atoms with Crippen LogP contribution < -0.4 is 4.74 Å². The molecule has 1 fully saturated rings. The van der Waals surface area contributed by atoms with E-state index in [0.717, 1.165) is 34.3 Å². The van der Waals surface area contributed by atoms with E-state index in [1.54, 1.807) is 7.11 Å². The van der Waals surface area contributed by atoms with E-state index in [9.17, 15) is 4.79 Å². The quantitative estimate of drug-likeness (QED) is 0.751. The lowest BCUT2D eigenvalue weighted by Crippen LogP contribution is -2.49. The summed E-state index contributed by atoms with van der Waals surface area (Å²) in [5.74, 6) is 0.880. The first kappa shape index (κ1) is 12.1. The van der Waals surface area contributed by atoms with Crippen molar-refractivity contribution in [3.05, 3.63) is 28.3 Å². The topological polar surface area (TPSA) is 35.5 Å². The molecule has 0 unspecified atom stereocenters. The van der Waals surface area contributed by atoms with Crippen LogP contribution in [0.1, 0.15) is 22.3 Å². The molecule has 3 nitrogen and oxygen atoms in total. The molecule has 1 aliphatic heterocycles. The average molecular weight is 234 g/mol. The molecule has 0 aliphatic carbocycles. The van der Waals surface area contributed by atoms with E-state index in [1.807, 2.05) is 26.8 Å². The highest BCUT2D eigenvalue weighted by Gasteiger charge is 2.42. The minimum absolute atomic E-state index is 0.439. The molecule has 2 rings (SSSR count). The Morgan fingerprint density at radius 2 is 1.94 bits per heavy atom. The van der Waals surface area contributed by atoms with Gasteiger partial charge in [-0.25, -0.2) is 0 Å². The van der Waals surface area contributed by atoms with Crippen molar-refractivity contribution in [2.75, 3.05) is 20.3 Å². The second-order valence-electron chi connectivity index (χ2n) is 4.79. The molecule has 0 atom stereocenters. The van der Waals surface area contributed by atoms with Crippen LogP contribution in [0.2, 0.25) is 0 Å². The van der Waals surface area contributed by atoms with Gasteiger partial charge >= 0.3 is 0 Å². The van der Waals surface area contributed by atoms with Gasteiger partial charge in [0.1, 0.15) is 12.0 Å². The number of rotatable bonds is 3. The number of aryl methyl sites for hydroxylation is 1. The second kappa shape index (κ2) is 4.15. The van der Waals surface area contributed by atoms with Crippen molar-refractivity contribution < 1.29 is 14.3 Å². The van der Waals surface area contributed by atoms with E-state index in [-0.39, 0.29) is 0 Å². The Kier molecular flexibility index (Phi) is 2.96. The minimum atomic E-state index is -0.439. The summed E-state index contributed by atoms with van der Waals surface area (Å²) in [6.07, 6.45) is 1.03. The Morgan fingerprint density at radius 1 is 1.29 bits per heavy atom. The van der Waals surface area contributed by atoms with Crippen molar-refractivity contribution >= 4 is 6.29 Å². The molecule has 0 aromatic heterocycles. The van der Waals surface area contributed by atoms with E-state index in [2.05, 4.69) is 0 Å². The van der Waals surface area contributed by atoms with Crippen LogP contribution in [0.4, 0.5) is 0 Å². The largest absolute Gasteiger partial charge is 0.496 e. The highest BCUT2D eigenvalue weighted by atomic mass is 16.5. The van der Waals surface area contributed by atoms with Gasteiger partial charge in [0.15, 0.2) is 0 Å². The Morgan fingerprint density at radius 3 is 2.35 bits per heavy atom. The molecule has 0 saturated carbocycles. The predicted molar refractivity (Wildman–Crippen MR) is 65.8 cm³/mol. The molecule has 17 heavy (non-hydrogen) atoms. The first-order chi connectivity index (χ1) is 8.05. The van der Waals surface area contributed by atoms with E-state index >= 15 is 0 Å². The van der Waals surface area contributed by atoms with Crippen LogP contribution in [0.15, 0.2) is 6.07 Å². The Balaban J connectivity index is 2.62. The maximum absolute atomic E-state index is 11.4. The number of carbonyl (C=O) groups is 1. The number of benzene rings is 1. The van der Waals surface area contributed by atoms with Gasteiger partial charge in [-0.2, -0.15) is 0 Å².